The molecule has 0 spiro atoms. The van der Waals surface area contributed by atoms with E-state index < -0.39 is 41.3 Å². The van der Waals surface area contributed by atoms with Gasteiger partial charge in [0.2, 0.25) is 0 Å². The van der Waals surface area contributed by atoms with Gasteiger partial charge in [0, 0.05) is 5.56 Å². The van der Waals surface area contributed by atoms with Gasteiger partial charge in [0.1, 0.15) is 0 Å². The number of hydrogen-bond acceptors (Lipinski definition) is 4. The van der Waals surface area contributed by atoms with E-state index in [0.717, 1.165) is 12.1 Å². The first-order valence-electron chi connectivity index (χ1n) is 7.98. The van der Waals surface area contributed by atoms with Crippen molar-refractivity contribution < 1.29 is 37.0 Å². The van der Waals surface area contributed by atoms with Crippen LogP contribution in [0.2, 0.25) is 0 Å². The van der Waals surface area contributed by atoms with Crippen LogP contribution >= 0.6 is 31.9 Å². The molecule has 0 saturated heterocycles. The summed E-state index contributed by atoms with van der Waals surface area (Å²) < 4.78 is 58.9. The highest BCUT2D eigenvalue weighted by Crippen LogP contribution is 2.44. The van der Waals surface area contributed by atoms with E-state index in [0.29, 0.717) is 5.56 Å². The topological polar surface area (TPSA) is 63.6 Å². The lowest BCUT2D eigenvalue weighted by atomic mass is 9.86. The fourth-order valence-corrected chi connectivity index (χ4v) is 3.86. The minimum Gasteiger partial charge on any atom is -0.465 e. The molecule has 2 rings (SSSR count). The fraction of sp³-hybridized carbons (Fsp3) is 0.263. The minimum atomic E-state index is -5.22. The van der Waals surface area contributed by atoms with E-state index in [1.54, 1.807) is 0 Å². The Hall–Kier alpha value is -1.78. The van der Waals surface area contributed by atoms with E-state index in [1.165, 1.54) is 32.2 Å². The van der Waals surface area contributed by atoms with Gasteiger partial charge in [0.05, 0.1) is 28.0 Å². The Bertz CT molecular complexity index is 952. The Morgan fingerprint density at radius 3 is 2.10 bits per heavy atom. The van der Waals surface area contributed by atoms with Gasteiger partial charge >= 0.3 is 12.1 Å². The third-order valence-electron chi connectivity index (χ3n) is 4.30. The lowest BCUT2D eigenvalue weighted by molar-refractivity contribution is -0.264. The molecule has 2 aromatic carbocycles. The van der Waals surface area contributed by atoms with Gasteiger partial charge in [0.25, 0.3) is 0 Å². The highest BCUT2D eigenvalue weighted by molar-refractivity contribution is 9.11. The van der Waals surface area contributed by atoms with Crippen molar-refractivity contribution in [1.82, 2.24) is 0 Å². The number of hydrogen-bond donors (Lipinski definition) is 1. The zero-order valence-corrected chi connectivity index (χ0v) is 18.2. The van der Waals surface area contributed by atoms with Crippen LogP contribution in [-0.2, 0) is 10.3 Å². The lowest BCUT2D eigenvalue weighted by Gasteiger charge is -2.31. The van der Waals surface area contributed by atoms with E-state index in [2.05, 4.69) is 36.6 Å². The minimum absolute atomic E-state index is 0.127. The molecule has 0 amide bonds. The summed E-state index contributed by atoms with van der Waals surface area (Å²) in [6, 6.07) is 5.21. The molecule has 0 aliphatic carbocycles. The molecule has 4 nitrogen and oxygen atoms in total. The van der Waals surface area contributed by atoms with Crippen molar-refractivity contribution in [3.8, 4) is 0 Å². The molecule has 0 heterocycles. The fourth-order valence-electron chi connectivity index (χ4n) is 2.67. The number of aryl methyl sites for hydroxylation is 1. The smallest absolute Gasteiger partial charge is 0.421 e. The van der Waals surface area contributed by atoms with E-state index in [9.17, 15) is 32.3 Å². The van der Waals surface area contributed by atoms with Crippen LogP contribution in [0.25, 0.3) is 0 Å². The molecule has 29 heavy (non-hydrogen) atoms. The second-order valence-electron chi connectivity index (χ2n) is 6.23. The quantitative estimate of drug-likeness (QED) is 0.236. The van der Waals surface area contributed by atoms with Crippen molar-refractivity contribution in [2.75, 3.05) is 7.11 Å². The van der Waals surface area contributed by atoms with Gasteiger partial charge in [-0.1, -0.05) is 6.07 Å². The van der Waals surface area contributed by atoms with Crippen molar-refractivity contribution >= 4 is 43.6 Å². The summed E-state index contributed by atoms with van der Waals surface area (Å²) in [5, 5.41) is 10.5. The van der Waals surface area contributed by atoms with E-state index in [1.807, 2.05) is 0 Å². The van der Waals surface area contributed by atoms with Crippen LogP contribution in [0, 0.1) is 12.7 Å². The summed E-state index contributed by atoms with van der Waals surface area (Å²) in [6.45, 7) is 1.49. The number of methoxy groups -OCH3 is 1. The van der Waals surface area contributed by atoms with Crippen molar-refractivity contribution in [2.45, 2.75) is 25.1 Å². The van der Waals surface area contributed by atoms with Crippen LogP contribution < -0.4 is 0 Å². The van der Waals surface area contributed by atoms with Gasteiger partial charge < -0.3 is 9.84 Å². The molecule has 0 fully saturated rings. The maximum absolute atomic E-state index is 13.7. The number of Topliss-reactive ketones (excluding diaryl/α,β-unsaturated/α-hetero) is 1. The summed E-state index contributed by atoms with van der Waals surface area (Å²) in [6.07, 6.45) is -6.56. The molecular weight excluding hydrogens is 528 g/mol. The first-order valence-corrected chi connectivity index (χ1v) is 9.56. The summed E-state index contributed by atoms with van der Waals surface area (Å²) in [7, 11) is 1.17. The summed E-state index contributed by atoms with van der Waals surface area (Å²) in [4.78, 5) is 24.2. The molecule has 1 atom stereocenters. The summed E-state index contributed by atoms with van der Waals surface area (Å²) >= 11 is 5.59. The van der Waals surface area contributed by atoms with Gasteiger partial charge in [-0.05, 0) is 74.2 Å². The average molecular weight is 542 g/mol. The Morgan fingerprint density at radius 2 is 1.66 bits per heavy atom. The normalized spacial score (nSPS) is 13.7. The van der Waals surface area contributed by atoms with Crippen molar-refractivity contribution in [1.29, 1.82) is 0 Å². The summed E-state index contributed by atoms with van der Waals surface area (Å²) in [5.74, 6) is -2.52. The molecule has 0 aliphatic heterocycles. The highest BCUT2D eigenvalue weighted by Gasteiger charge is 2.56. The maximum Gasteiger partial charge on any atom is 0.421 e. The SMILES string of the molecule is COC(=O)c1ccc(C(=O)CC(O)(c2cc(Br)c(F)c(Br)c2)C(F)(F)F)cc1C. The molecule has 1 unspecified atom stereocenters. The first-order chi connectivity index (χ1) is 13.3. The zero-order valence-electron chi connectivity index (χ0n) is 15.0. The van der Waals surface area contributed by atoms with E-state index in [4.69, 9.17) is 0 Å². The maximum atomic E-state index is 13.7. The van der Waals surface area contributed by atoms with Gasteiger partial charge in [-0.3, -0.25) is 4.79 Å². The number of aliphatic hydroxyl groups is 1. The highest BCUT2D eigenvalue weighted by atomic mass is 79.9. The molecule has 10 heteroatoms. The Morgan fingerprint density at radius 1 is 1.10 bits per heavy atom. The van der Waals surface area contributed by atoms with E-state index >= 15 is 0 Å². The summed E-state index contributed by atoms with van der Waals surface area (Å²) in [5.41, 5.74) is -3.91. The van der Waals surface area contributed by atoms with Crippen LogP contribution in [0.15, 0.2) is 39.3 Å². The van der Waals surface area contributed by atoms with Crippen LogP contribution in [0.1, 0.15) is 38.3 Å². The molecule has 1 N–H and O–H groups in total. The van der Waals surface area contributed by atoms with E-state index in [-0.39, 0.29) is 20.1 Å². The molecule has 0 aromatic heterocycles. The van der Waals surface area contributed by atoms with Crippen LogP contribution in [0.5, 0.6) is 0 Å². The second kappa shape index (κ2) is 8.53. The third-order valence-corrected chi connectivity index (χ3v) is 5.45. The molecule has 0 bridgehead atoms. The molecule has 0 saturated carbocycles. The lowest BCUT2D eigenvalue weighted by Crippen LogP contribution is -2.44. The molecule has 2 aromatic rings. The number of esters is 1. The Balaban J connectivity index is 2.47. The molecule has 0 aliphatic rings. The van der Waals surface area contributed by atoms with Crippen molar-refractivity contribution in [2.24, 2.45) is 0 Å². The standard InChI is InChI=1S/C19H14Br2F4O4/c1-9-5-10(3-4-12(9)17(27)29-2)15(26)8-18(28,19(23,24)25)11-6-13(20)16(22)14(21)7-11/h3-7,28H,8H2,1-2H3. The van der Waals surface area contributed by atoms with Gasteiger partial charge in [-0.2, -0.15) is 13.2 Å². The zero-order chi connectivity index (χ0) is 22.1. The van der Waals surface area contributed by atoms with Crippen molar-refractivity contribution in [3.63, 3.8) is 0 Å². The number of carbonyl (C=O) groups is 2. The van der Waals surface area contributed by atoms with Crippen LogP contribution in [-0.4, -0.2) is 30.1 Å². The Labute approximate surface area is 180 Å². The molecule has 0 radical (unpaired) electrons. The molecular formula is C19H14Br2F4O4. The van der Waals surface area contributed by atoms with Gasteiger partial charge in [-0.25, -0.2) is 9.18 Å². The number of alkyl halides is 3. The number of rotatable bonds is 5. The first kappa shape index (κ1) is 23.5. The number of benzene rings is 2. The Kier molecular flexibility index (Phi) is 6.91. The monoisotopic (exact) mass is 540 g/mol. The van der Waals surface area contributed by atoms with Gasteiger partial charge in [-0.15, -0.1) is 0 Å². The van der Waals surface area contributed by atoms with Crippen molar-refractivity contribution in [3.05, 3.63) is 67.3 Å². The predicted octanol–water partition coefficient (Wildman–Crippen LogP) is 5.47. The third kappa shape index (κ3) is 4.70. The van der Waals surface area contributed by atoms with Crippen LogP contribution in [0.4, 0.5) is 17.6 Å². The second-order valence-corrected chi connectivity index (χ2v) is 7.94. The predicted molar refractivity (Wildman–Crippen MR) is 103 cm³/mol. The number of ketones is 1. The number of halogens is 6. The largest absolute Gasteiger partial charge is 0.465 e. The van der Waals surface area contributed by atoms with Gasteiger partial charge in [0.15, 0.2) is 17.2 Å². The number of ether oxygens (including phenoxy) is 1. The number of carbonyl (C=O) groups excluding carboxylic acids is 2. The van der Waals surface area contributed by atoms with Crippen LogP contribution in [0.3, 0.4) is 0 Å². The molecule has 156 valence electrons. The average Bonchev–Trinajstić information content (AvgIpc) is 2.63.